The van der Waals surface area contributed by atoms with Crippen molar-refractivity contribution in [3.8, 4) is 0 Å². The third-order valence-corrected chi connectivity index (χ3v) is 7.06. The molecule has 2 aromatic carbocycles. The van der Waals surface area contributed by atoms with Crippen molar-refractivity contribution in [1.29, 1.82) is 0 Å². The number of amides is 1. The number of hydrogen-bond acceptors (Lipinski definition) is 3. The zero-order chi connectivity index (χ0) is 28.5. The quantitative estimate of drug-likeness (QED) is 0.330. The van der Waals surface area contributed by atoms with Gasteiger partial charge < -0.3 is 14.6 Å². The Balaban J connectivity index is 1.62. The molecule has 1 saturated carbocycles. The number of rotatable bonds is 7. The summed E-state index contributed by atoms with van der Waals surface area (Å²) >= 11 is 0. The van der Waals surface area contributed by atoms with E-state index < -0.39 is 53.5 Å². The minimum absolute atomic E-state index is 0.0511. The number of carbonyl (C=O) groups excluding carboxylic acids is 1. The van der Waals surface area contributed by atoms with E-state index in [-0.39, 0.29) is 24.0 Å². The molecule has 0 saturated heterocycles. The number of imidazole rings is 1. The SMILES string of the molecule is C[C@@H](O[C@H]1CC[C@@H](N(C)C(=O)Cc2cnc[nH]2)[C@@H]1c1ccc(F)cc1)c1cc(C(F)(F)F)cc(C(F)(F)F)c1. The average molecular weight is 558 g/mol. The van der Waals surface area contributed by atoms with E-state index in [9.17, 15) is 35.5 Å². The monoisotopic (exact) mass is 557 g/mol. The summed E-state index contributed by atoms with van der Waals surface area (Å²) in [6, 6.07) is 6.55. The fourth-order valence-corrected chi connectivity index (χ4v) is 5.06. The number of aromatic nitrogens is 2. The van der Waals surface area contributed by atoms with E-state index in [4.69, 9.17) is 4.74 Å². The van der Waals surface area contributed by atoms with Gasteiger partial charge in [-0.1, -0.05) is 12.1 Å². The smallest absolute Gasteiger partial charge is 0.370 e. The average Bonchev–Trinajstić information content (AvgIpc) is 3.53. The molecule has 39 heavy (non-hydrogen) atoms. The van der Waals surface area contributed by atoms with Crippen LogP contribution in [0.4, 0.5) is 30.7 Å². The molecule has 1 aliphatic carbocycles. The topological polar surface area (TPSA) is 58.2 Å². The van der Waals surface area contributed by atoms with E-state index in [1.54, 1.807) is 24.1 Å². The van der Waals surface area contributed by atoms with E-state index in [0.29, 0.717) is 36.2 Å². The van der Waals surface area contributed by atoms with Crippen molar-refractivity contribution in [2.75, 3.05) is 7.05 Å². The highest BCUT2D eigenvalue weighted by Crippen LogP contribution is 2.43. The highest BCUT2D eigenvalue weighted by Gasteiger charge is 2.43. The number of halogens is 7. The summed E-state index contributed by atoms with van der Waals surface area (Å²) < 4.78 is 100. The molecule has 1 fully saturated rings. The van der Waals surface area contributed by atoms with Crippen molar-refractivity contribution in [2.45, 2.75) is 62.7 Å². The molecular weight excluding hydrogens is 531 g/mol. The van der Waals surface area contributed by atoms with Crippen molar-refractivity contribution < 1.29 is 40.3 Å². The summed E-state index contributed by atoms with van der Waals surface area (Å²) in [5, 5.41) is 0. The van der Waals surface area contributed by atoms with Crippen LogP contribution in [-0.4, -0.2) is 40.0 Å². The lowest BCUT2D eigenvalue weighted by Gasteiger charge is -2.33. The molecule has 1 heterocycles. The van der Waals surface area contributed by atoms with Gasteiger partial charge in [0.05, 0.1) is 36.1 Å². The van der Waals surface area contributed by atoms with E-state index in [2.05, 4.69) is 9.97 Å². The Labute approximate surface area is 220 Å². The normalized spacial score (nSPS) is 20.7. The highest BCUT2D eigenvalue weighted by molar-refractivity contribution is 5.78. The Morgan fingerprint density at radius 2 is 1.67 bits per heavy atom. The van der Waals surface area contributed by atoms with Crippen molar-refractivity contribution in [2.24, 2.45) is 0 Å². The third-order valence-electron chi connectivity index (χ3n) is 7.06. The molecule has 5 nitrogen and oxygen atoms in total. The number of nitrogens with zero attached hydrogens (tertiary/aromatic N) is 2. The van der Waals surface area contributed by atoms with Crippen LogP contribution in [0.15, 0.2) is 55.0 Å². The first-order chi connectivity index (χ1) is 18.2. The second-order valence-corrected chi connectivity index (χ2v) is 9.64. The predicted molar refractivity (Wildman–Crippen MR) is 127 cm³/mol. The van der Waals surface area contributed by atoms with Crippen LogP contribution in [0.25, 0.3) is 0 Å². The van der Waals surface area contributed by atoms with Gasteiger partial charge in [0, 0.05) is 30.9 Å². The van der Waals surface area contributed by atoms with Crippen molar-refractivity contribution >= 4 is 5.91 Å². The Kier molecular flexibility index (Phi) is 8.06. The van der Waals surface area contributed by atoms with Crippen LogP contribution < -0.4 is 0 Å². The van der Waals surface area contributed by atoms with E-state index >= 15 is 0 Å². The summed E-state index contributed by atoms with van der Waals surface area (Å²) in [6.45, 7) is 1.39. The van der Waals surface area contributed by atoms with Gasteiger partial charge in [-0.05, 0) is 61.2 Å². The number of likely N-dealkylation sites (N-methyl/N-ethyl adjacent to an activating group) is 1. The summed E-state index contributed by atoms with van der Waals surface area (Å²) in [7, 11) is 1.62. The van der Waals surface area contributed by atoms with Gasteiger partial charge in [0.1, 0.15) is 5.82 Å². The fourth-order valence-electron chi connectivity index (χ4n) is 5.06. The summed E-state index contributed by atoms with van der Waals surface area (Å²) in [5.74, 6) is -1.21. The maximum Gasteiger partial charge on any atom is 0.416 e. The van der Waals surface area contributed by atoms with E-state index in [1.807, 2.05) is 0 Å². The number of ether oxygens (including phenoxy) is 1. The maximum atomic E-state index is 13.7. The molecular formula is C27H26F7N3O2. The van der Waals surface area contributed by atoms with E-state index in [0.717, 1.165) is 0 Å². The molecule has 12 heteroatoms. The van der Waals surface area contributed by atoms with Crippen LogP contribution in [0.3, 0.4) is 0 Å². The van der Waals surface area contributed by atoms with Crippen molar-refractivity contribution in [1.82, 2.24) is 14.9 Å². The first kappa shape index (κ1) is 28.6. The van der Waals surface area contributed by atoms with Crippen LogP contribution in [0.1, 0.15) is 59.7 Å². The standard InChI is InChI=1S/C27H26F7N3O2/c1-15(17-9-18(26(29,30)31)11-19(10-17)27(32,33)34)39-23-8-7-22(25(23)16-3-5-20(28)6-4-16)37(2)24(38)12-21-13-35-14-36-21/h3-6,9-11,13-15,22-23,25H,7-8,12H2,1-2H3,(H,35,36)/t15-,22-,23+,25+/m1/s1. The molecule has 4 atom stereocenters. The second kappa shape index (κ2) is 11.0. The lowest BCUT2D eigenvalue weighted by Crippen LogP contribution is -2.41. The van der Waals surface area contributed by atoms with Crippen LogP contribution in [0.2, 0.25) is 0 Å². The van der Waals surface area contributed by atoms with Crippen LogP contribution in [0.5, 0.6) is 0 Å². The fraction of sp³-hybridized carbons (Fsp3) is 0.407. The third kappa shape index (κ3) is 6.60. The number of H-pyrrole nitrogens is 1. The number of alkyl halides is 6. The summed E-state index contributed by atoms with van der Waals surface area (Å²) in [4.78, 5) is 21.3. The zero-order valence-corrected chi connectivity index (χ0v) is 21.0. The molecule has 1 N–H and O–H groups in total. The largest absolute Gasteiger partial charge is 0.416 e. The molecule has 0 spiro atoms. The summed E-state index contributed by atoms with van der Waals surface area (Å²) in [6.07, 6.45) is -7.91. The molecule has 0 bridgehead atoms. The van der Waals surface area contributed by atoms with Crippen molar-refractivity contribution in [3.63, 3.8) is 0 Å². The molecule has 210 valence electrons. The van der Waals surface area contributed by atoms with Gasteiger partial charge in [0.15, 0.2) is 0 Å². The number of carbonyl (C=O) groups is 1. The van der Waals surface area contributed by atoms with Crippen LogP contribution >= 0.6 is 0 Å². The minimum Gasteiger partial charge on any atom is -0.370 e. The van der Waals surface area contributed by atoms with Crippen LogP contribution in [-0.2, 0) is 28.3 Å². The Hall–Kier alpha value is -3.41. The molecule has 0 radical (unpaired) electrons. The Bertz CT molecular complexity index is 1240. The van der Waals surface area contributed by atoms with Gasteiger partial charge in [-0.25, -0.2) is 9.37 Å². The minimum atomic E-state index is -4.98. The Morgan fingerprint density at radius 3 is 2.21 bits per heavy atom. The van der Waals surface area contributed by atoms with Gasteiger partial charge in [0.2, 0.25) is 5.91 Å². The first-order valence-corrected chi connectivity index (χ1v) is 12.2. The number of nitrogens with one attached hydrogen (secondary N) is 1. The molecule has 3 aromatic rings. The Morgan fingerprint density at radius 1 is 1.05 bits per heavy atom. The molecule has 1 aliphatic rings. The van der Waals surface area contributed by atoms with Crippen LogP contribution in [0, 0.1) is 5.82 Å². The number of aromatic amines is 1. The maximum absolute atomic E-state index is 13.7. The number of benzene rings is 2. The molecule has 1 aromatic heterocycles. The first-order valence-electron chi connectivity index (χ1n) is 12.2. The lowest BCUT2D eigenvalue weighted by molar-refractivity contribution is -0.143. The molecule has 0 aliphatic heterocycles. The van der Waals surface area contributed by atoms with Gasteiger partial charge in [-0.2, -0.15) is 26.3 Å². The van der Waals surface area contributed by atoms with E-state index in [1.165, 1.54) is 31.6 Å². The second-order valence-electron chi connectivity index (χ2n) is 9.64. The highest BCUT2D eigenvalue weighted by atomic mass is 19.4. The predicted octanol–water partition coefficient (Wildman–Crippen LogP) is 6.68. The molecule has 4 rings (SSSR count). The lowest BCUT2D eigenvalue weighted by atomic mass is 9.91. The molecule has 0 unspecified atom stereocenters. The molecule has 1 amide bonds. The zero-order valence-electron chi connectivity index (χ0n) is 21.0. The van der Waals surface area contributed by atoms with Gasteiger partial charge in [-0.3, -0.25) is 4.79 Å². The van der Waals surface area contributed by atoms with Gasteiger partial charge in [0.25, 0.3) is 0 Å². The number of hydrogen-bond donors (Lipinski definition) is 1. The van der Waals surface area contributed by atoms with Gasteiger partial charge in [-0.15, -0.1) is 0 Å². The van der Waals surface area contributed by atoms with Crippen molar-refractivity contribution in [3.05, 3.63) is 88.8 Å². The summed E-state index contributed by atoms with van der Waals surface area (Å²) in [5.41, 5.74) is -1.88. The van der Waals surface area contributed by atoms with Gasteiger partial charge >= 0.3 is 12.4 Å².